The summed E-state index contributed by atoms with van der Waals surface area (Å²) in [6.07, 6.45) is 2.37. The molecule has 96 valence electrons. The van der Waals surface area contributed by atoms with Crippen molar-refractivity contribution in [3.05, 3.63) is 32.7 Å². The van der Waals surface area contributed by atoms with Gasteiger partial charge in [-0.15, -0.1) is 13.2 Å². The van der Waals surface area contributed by atoms with Gasteiger partial charge in [0.05, 0.1) is 28.9 Å². The van der Waals surface area contributed by atoms with Crippen molar-refractivity contribution in [3.8, 4) is 0 Å². The van der Waals surface area contributed by atoms with Gasteiger partial charge in [0.15, 0.2) is 0 Å². The van der Waals surface area contributed by atoms with Gasteiger partial charge in [0.1, 0.15) is 0 Å². The van der Waals surface area contributed by atoms with Gasteiger partial charge in [-0.3, -0.25) is 0 Å². The summed E-state index contributed by atoms with van der Waals surface area (Å²) >= 11 is 0. The zero-order valence-electron chi connectivity index (χ0n) is 8.64. The molecule has 0 radical (unpaired) electrons. The van der Waals surface area contributed by atoms with Gasteiger partial charge in [-0.05, 0) is 0 Å². The molecule has 0 unspecified atom stereocenters. The summed E-state index contributed by atoms with van der Waals surface area (Å²) in [5, 5.41) is 0. The molecule has 0 aliphatic rings. The summed E-state index contributed by atoms with van der Waals surface area (Å²) < 4.78 is 26.6. The van der Waals surface area contributed by atoms with Crippen LogP contribution in [0.4, 0.5) is 0 Å². The molecule has 0 fully saturated rings. The Hall–Kier alpha value is -0.300. The molecule has 0 amide bonds. The third-order valence-electron chi connectivity index (χ3n) is 0.701. The molecule has 0 aromatic rings. The fourth-order valence-electron chi connectivity index (χ4n) is 0.288. The Kier molecular flexibility index (Phi) is 14.0. The van der Waals surface area contributed by atoms with Gasteiger partial charge in [-0.1, -0.05) is 12.2 Å². The molecule has 0 aliphatic carbocycles. The summed E-state index contributed by atoms with van der Waals surface area (Å²) in [7, 11) is -9.51. The molecule has 0 saturated heterocycles. The van der Waals surface area contributed by atoms with Crippen LogP contribution < -0.4 is 19.6 Å². The first-order chi connectivity index (χ1) is 7.12. The van der Waals surface area contributed by atoms with Crippen LogP contribution in [0.3, 0.4) is 0 Å². The maximum Gasteiger partial charge on any atom is 4.00 e. The zero-order chi connectivity index (χ0) is 13.2. The molecule has 0 aliphatic heterocycles. The topological polar surface area (TPSA) is 145 Å². The van der Waals surface area contributed by atoms with Crippen LogP contribution in [-0.4, -0.2) is 13.2 Å². The van der Waals surface area contributed by atoms with Crippen molar-refractivity contribution < 1.29 is 37.8 Å². The van der Waals surface area contributed by atoms with Crippen molar-refractivity contribution in [2.24, 2.45) is 0 Å². The van der Waals surface area contributed by atoms with E-state index >= 15 is 0 Å². The quantitative estimate of drug-likeness (QED) is 0.406. The van der Waals surface area contributed by atoms with Crippen molar-refractivity contribution in [3.63, 3.8) is 0 Å². The number of phosphoric acid groups is 2. The Bertz CT molecular complexity index is 260. The first kappa shape index (κ1) is 21.9. The fraction of sp³-hybridized carbons (Fsp3) is 0.286. The van der Waals surface area contributed by atoms with Crippen LogP contribution in [0.5, 0.6) is 0 Å². The van der Waals surface area contributed by atoms with Crippen LogP contribution >= 0.6 is 15.6 Å². The SMILES string of the molecule is C=CCOP(=O)([O-])[O-].C=CCOP(=O)([O-])[O-].[C+4]. The molecule has 0 aromatic carbocycles. The Morgan fingerprint density at radius 2 is 1.12 bits per heavy atom. The molecular weight excluding hydrogens is 274 g/mol. The van der Waals surface area contributed by atoms with E-state index in [4.69, 9.17) is 0 Å². The maximum absolute atomic E-state index is 9.59. The third kappa shape index (κ3) is 31.3. The van der Waals surface area contributed by atoms with E-state index in [1.807, 2.05) is 0 Å². The van der Waals surface area contributed by atoms with Crippen molar-refractivity contribution >= 4 is 15.6 Å². The van der Waals surface area contributed by atoms with Crippen LogP contribution in [0.2, 0.25) is 0 Å². The van der Waals surface area contributed by atoms with E-state index in [0.717, 1.165) is 0 Å². The van der Waals surface area contributed by atoms with Crippen LogP contribution in [0.1, 0.15) is 0 Å². The minimum absolute atomic E-state index is 0. The molecular formula is C7H10O8P2. The summed E-state index contributed by atoms with van der Waals surface area (Å²) in [6, 6.07) is 0. The van der Waals surface area contributed by atoms with Crippen molar-refractivity contribution in [1.29, 1.82) is 0 Å². The predicted octanol–water partition coefficient (Wildman–Crippen LogP) is -1.88. The van der Waals surface area contributed by atoms with Crippen LogP contribution in [0, 0.1) is 7.43 Å². The zero-order valence-corrected chi connectivity index (χ0v) is 10.4. The van der Waals surface area contributed by atoms with Crippen molar-refractivity contribution in [2.75, 3.05) is 13.2 Å². The van der Waals surface area contributed by atoms with Crippen LogP contribution in [-0.2, 0) is 18.2 Å². The second kappa shape index (κ2) is 10.8. The van der Waals surface area contributed by atoms with Gasteiger partial charge in [0.2, 0.25) is 0 Å². The van der Waals surface area contributed by atoms with Crippen molar-refractivity contribution in [1.82, 2.24) is 0 Å². The van der Waals surface area contributed by atoms with Crippen LogP contribution in [0.25, 0.3) is 0 Å². The first-order valence-electron chi connectivity index (χ1n) is 3.67. The second-order valence-corrected chi connectivity index (χ2v) is 4.37. The fourth-order valence-corrected chi connectivity index (χ4v) is 0.864. The average molecular weight is 284 g/mol. The number of hydrogen-bond acceptors (Lipinski definition) is 8. The first-order valence-corrected chi connectivity index (χ1v) is 6.59. The molecule has 0 atom stereocenters. The van der Waals surface area contributed by atoms with E-state index in [0.29, 0.717) is 0 Å². The Morgan fingerprint density at radius 1 is 0.882 bits per heavy atom. The molecule has 10 heteroatoms. The average Bonchev–Trinajstić information content (AvgIpc) is 2.10. The molecule has 0 heterocycles. The molecule has 0 aromatic heterocycles. The van der Waals surface area contributed by atoms with Gasteiger partial charge in [0.25, 0.3) is 0 Å². The molecule has 0 N–H and O–H groups in total. The Labute approximate surface area is 100 Å². The summed E-state index contributed by atoms with van der Waals surface area (Å²) in [6.45, 7) is 5.79. The molecule has 17 heavy (non-hydrogen) atoms. The maximum atomic E-state index is 9.59. The summed E-state index contributed by atoms with van der Waals surface area (Å²) in [4.78, 5) is 38.4. The summed E-state index contributed by atoms with van der Waals surface area (Å²) in [5.74, 6) is 0. The second-order valence-electron chi connectivity index (χ2n) is 2.06. The van der Waals surface area contributed by atoms with Gasteiger partial charge in [-0.25, -0.2) is 0 Å². The number of rotatable bonds is 6. The molecule has 0 bridgehead atoms. The standard InChI is InChI=1S/2C3H7O4P.C/c2*1-2-3-7-8(4,5)6;/h2*2H,1,3H2,(H2,4,5,6);/q;;+4/p-4. The molecule has 0 spiro atoms. The summed E-state index contributed by atoms with van der Waals surface area (Å²) in [5.41, 5.74) is 0. The monoisotopic (exact) mass is 284 g/mol. The minimum Gasteiger partial charge on any atom is -0.790 e. The Balaban J connectivity index is -0.000000218. The molecule has 0 rings (SSSR count). The van der Waals surface area contributed by atoms with E-state index in [1.165, 1.54) is 12.2 Å². The van der Waals surface area contributed by atoms with Gasteiger partial charge < -0.3 is 37.8 Å². The largest absolute Gasteiger partial charge is 4.00 e. The van der Waals surface area contributed by atoms with Gasteiger partial charge >= 0.3 is 7.43 Å². The number of hydrogen-bond donors (Lipinski definition) is 0. The van der Waals surface area contributed by atoms with Gasteiger partial charge in [0, 0.05) is 0 Å². The van der Waals surface area contributed by atoms with E-state index in [-0.39, 0.29) is 20.6 Å². The van der Waals surface area contributed by atoms with E-state index in [9.17, 15) is 28.7 Å². The van der Waals surface area contributed by atoms with Crippen LogP contribution in [0.15, 0.2) is 25.3 Å². The van der Waals surface area contributed by atoms with E-state index in [1.54, 1.807) is 0 Å². The molecule has 0 saturated carbocycles. The Morgan fingerprint density at radius 3 is 1.18 bits per heavy atom. The normalized spacial score (nSPS) is 10.6. The van der Waals surface area contributed by atoms with Gasteiger partial charge in [-0.2, -0.15) is 0 Å². The molecule has 8 nitrogen and oxygen atoms in total. The number of phosphoric ester groups is 2. The predicted molar refractivity (Wildman–Crippen MR) is 50.8 cm³/mol. The van der Waals surface area contributed by atoms with E-state index < -0.39 is 15.6 Å². The van der Waals surface area contributed by atoms with Crippen molar-refractivity contribution in [2.45, 2.75) is 0 Å². The smallest absolute Gasteiger partial charge is 0.790 e. The van der Waals surface area contributed by atoms with E-state index in [2.05, 4.69) is 22.2 Å². The minimum atomic E-state index is -4.75. The third-order valence-corrected chi connectivity index (χ3v) is 1.63.